The summed E-state index contributed by atoms with van der Waals surface area (Å²) in [4.78, 5) is 75.5. The molecule has 4 aromatic rings. The summed E-state index contributed by atoms with van der Waals surface area (Å²) in [5.74, 6) is 2.51. The highest BCUT2D eigenvalue weighted by atomic mass is 16.6. The molecule has 72 heavy (non-hydrogen) atoms. The molecule has 378 valence electrons. The summed E-state index contributed by atoms with van der Waals surface area (Å²) >= 11 is 0. The van der Waals surface area contributed by atoms with E-state index in [4.69, 9.17) is 20.3 Å². The van der Waals surface area contributed by atoms with Gasteiger partial charge in [-0.1, -0.05) is 18.2 Å². The summed E-state index contributed by atoms with van der Waals surface area (Å²) in [5, 5.41) is 10.9. The second-order valence-corrected chi connectivity index (χ2v) is 21.5. The van der Waals surface area contributed by atoms with Crippen molar-refractivity contribution in [2.24, 2.45) is 23.5 Å². The number of fused-ring (bicyclic) bond motifs is 4. The van der Waals surface area contributed by atoms with E-state index in [-0.39, 0.29) is 36.4 Å². The smallest absolute Gasteiger partial charge is 0.319 e. The predicted molar refractivity (Wildman–Crippen MR) is 269 cm³/mol. The number of primary amides is 1. The van der Waals surface area contributed by atoms with Crippen molar-refractivity contribution in [3.05, 3.63) is 89.5 Å². The third-order valence-corrected chi connectivity index (χ3v) is 17.3. The minimum Gasteiger partial charge on any atom is -0.457 e. The number of epoxide rings is 1. The van der Waals surface area contributed by atoms with Gasteiger partial charge >= 0.3 is 6.03 Å². The number of hydrogen-bond donors (Lipinski definition) is 3. The summed E-state index contributed by atoms with van der Waals surface area (Å²) in [6.07, 6.45) is 10.5. The number of para-hydroxylation sites is 1. The average molecular weight is 979 g/mol. The number of rotatable bonds is 10. The van der Waals surface area contributed by atoms with Gasteiger partial charge in [0.1, 0.15) is 40.7 Å². The number of carbonyl (C=O) groups excluding carboxylic acids is 5. The highest BCUT2D eigenvalue weighted by Gasteiger charge is 2.56. The van der Waals surface area contributed by atoms with Crippen molar-refractivity contribution in [2.75, 3.05) is 69.1 Å². The fourth-order valence-electron chi connectivity index (χ4n) is 13.3. The van der Waals surface area contributed by atoms with Gasteiger partial charge in [-0.15, -0.1) is 0 Å². The van der Waals surface area contributed by atoms with E-state index < -0.39 is 24.1 Å². The lowest BCUT2D eigenvalue weighted by atomic mass is 9.82. The topological polar surface area (TPSA) is 191 Å². The molecule has 0 aliphatic carbocycles. The van der Waals surface area contributed by atoms with E-state index in [1.165, 1.54) is 11.3 Å². The molecule has 12 rings (SSSR count). The van der Waals surface area contributed by atoms with Crippen molar-refractivity contribution in [2.45, 2.75) is 108 Å². The Morgan fingerprint density at radius 1 is 0.750 bits per heavy atom. The van der Waals surface area contributed by atoms with E-state index >= 15 is 0 Å². The van der Waals surface area contributed by atoms with Crippen LogP contribution in [0.5, 0.6) is 11.5 Å². The van der Waals surface area contributed by atoms with Crippen LogP contribution in [0.1, 0.15) is 115 Å². The molecule has 4 unspecified atom stereocenters. The van der Waals surface area contributed by atoms with Crippen molar-refractivity contribution in [3.8, 4) is 22.8 Å². The van der Waals surface area contributed by atoms with E-state index in [1.54, 1.807) is 0 Å². The van der Waals surface area contributed by atoms with E-state index in [0.29, 0.717) is 52.8 Å². The molecule has 8 aliphatic rings. The summed E-state index contributed by atoms with van der Waals surface area (Å²) in [6, 6.07) is 23.5. The number of anilines is 2. The summed E-state index contributed by atoms with van der Waals surface area (Å²) < 4.78 is 14.0. The molecule has 17 heteroatoms. The number of nitrogens with zero attached hydrogens (tertiary/aromatic N) is 7. The Balaban J connectivity index is 0.577. The van der Waals surface area contributed by atoms with E-state index in [1.807, 2.05) is 66.7 Å². The average Bonchev–Trinajstić information content (AvgIpc) is 4.11. The normalized spacial score (nSPS) is 25.6. The Hall–Kier alpha value is -6.46. The number of imide groups is 1. The number of piperidine rings is 5. The van der Waals surface area contributed by atoms with Gasteiger partial charge in [0, 0.05) is 80.7 Å². The molecule has 1 aromatic heterocycles. The van der Waals surface area contributed by atoms with Gasteiger partial charge < -0.3 is 40.1 Å². The third kappa shape index (κ3) is 9.07. The van der Waals surface area contributed by atoms with Gasteiger partial charge in [0.25, 0.3) is 11.8 Å². The molecule has 0 bridgehead atoms. The Labute approximate surface area is 420 Å². The van der Waals surface area contributed by atoms with Gasteiger partial charge in [-0.3, -0.25) is 29.4 Å². The SMILES string of the molecule is NC(=O)c1c(-c2ccc(Oc3ccccc3)cc2)nn2c1NCCC2C1CCN(C2CCN(C(=O)N3CCC(CC4CCN(c5ccc6c(c5)C5OC5N(C5CCC(=O)NC5=O)C6=O)CC4)CC3)CC2)CC1. The lowest BCUT2D eigenvalue weighted by molar-refractivity contribution is -0.137. The minimum absolute atomic E-state index is 0.181. The zero-order chi connectivity index (χ0) is 49.0. The van der Waals surface area contributed by atoms with Crippen LogP contribution in [0.15, 0.2) is 72.8 Å². The molecule has 0 radical (unpaired) electrons. The number of urea groups is 1. The fourth-order valence-corrected chi connectivity index (χ4v) is 13.3. The number of likely N-dealkylation sites (tertiary alicyclic amines) is 3. The van der Waals surface area contributed by atoms with Gasteiger partial charge in [0.05, 0.1) is 6.04 Å². The monoisotopic (exact) mass is 979 g/mol. The quantitative estimate of drug-likeness (QED) is 0.112. The van der Waals surface area contributed by atoms with Gasteiger partial charge in [0.15, 0.2) is 6.23 Å². The van der Waals surface area contributed by atoms with Gasteiger partial charge in [-0.05, 0) is 156 Å². The molecule has 6 saturated heterocycles. The first-order valence-corrected chi connectivity index (χ1v) is 26.6. The molecule has 8 aliphatic heterocycles. The Morgan fingerprint density at radius 3 is 2.12 bits per heavy atom. The summed E-state index contributed by atoms with van der Waals surface area (Å²) in [5.41, 5.74) is 10.5. The molecule has 6 fully saturated rings. The van der Waals surface area contributed by atoms with E-state index in [2.05, 4.69) is 41.0 Å². The van der Waals surface area contributed by atoms with Gasteiger partial charge in [-0.2, -0.15) is 5.10 Å². The van der Waals surface area contributed by atoms with Crippen LogP contribution in [0.3, 0.4) is 0 Å². The van der Waals surface area contributed by atoms with Gasteiger partial charge in [-0.25, -0.2) is 9.48 Å². The zero-order valence-corrected chi connectivity index (χ0v) is 41.0. The van der Waals surface area contributed by atoms with Crippen LogP contribution in [-0.4, -0.2) is 136 Å². The standard InChI is InChI=1S/C55H66N10O7/c56-50(67)47-48(37-6-9-41(10-7-37)71-40-4-2-1-3-5-40)59-65-44(14-23-57-51(47)65)36-19-28-60(29-20-36)38-21-30-63(31-22-38)55(70)62-26-17-35(18-27-62)32-34-15-24-61(25-16-34)39-8-11-42-43(33-39)49-54(72-49)64(53(42)69)45-12-13-46(66)58-52(45)68/h1-11,33-36,38,44-45,49,54,57H,12-32H2,(H2,56,67)(H,58,66,68). The molecular weight excluding hydrogens is 913 g/mol. The molecule has 0 saturated carbocycles. The molecule has 4 N–H and O–H groups in total. The highest BCUT2D eigenvalue weighted by Crippen LogP contribution is 2.50. The highest BCUT2D eigenvalue weighted by molar-refractivity contribution is 6.05. The Bertz CT molecular complexity index is 2700. The van der Waals surface area contributed by atoms with Crippen LogP contribution in [0.2, 0.25) is 0 Å². The molecule has 6 amide bonds. The predicted octanol–water partition coefficient (Wildman–Crippen LogP) is 6.77. The van der Waals surface area contributed by atoms with Crippen LogP contribution >= 0.6 is 0 Å². The van der Waals surface area contributed by atoms with Crippen molar-refractivity contribution in [1.82, 2.24) is 34.7 Å². The number of ether oxygens (including phenoxy) is 2. The summed E-state index contributed by atoms with van der Waals surface area (Å²) in [6.45, 7) is 8.03. The molecule has 0 spiro atoms. The van der Waals surface area contributed by atoms with Crippen molar-refractivity contribution < 1.29 is 33.4 Å². The maximum absolute atomic E-state index is 13.8. The maximum atomic E-state index is 13.8. The summed E-state index contributed by atoms with van der Waals surface area (Å²) in [7, 11) is 0. The molecular formula is C55H66N10O7. The first-order valence-electron chi connectivity index (χ1n) is 26.6. The number of amides is 6. The molecule has 4 atom stereocenters. The second-order valence-electron chi connectivity index (χ2n) is 21.5. The molecule has 17 nitrogen and oxygen atoms in total. The van der Waals surface area contributed by atoms with E-state index in [0.717, 1.165) is 145 Å². The fraction of sp³-hybridized carbons (Fsp3) is 0.527. The van der Waals surface area contributed by atoms with Crippen molar-refractivity contribution in [1.29, 1.82) is 0 Å². The Kier molecular flexibility index (Phi) is 12.6. The number of aromatic nitrogens is 2. The second kappa shape index (κ2) is 19.5. The van der Waals surface area contributed by atoms with Crippen molar-refractivity contribution >= 4 is 41.2 Å². The third-order valence-electron chi connectivity index (χ3n) is 17.3. The van der Waals surface area contributed by atoms with Crippen molar-refractivity contribution in [3.63, 3.8) is 0 Å². The number of benzene rings is 3. The van der Waals surface area contributed by atoms with Crippen LogP contribution in [0.25, 0.3) is 11.3 Å². The largest absolute Gasteiger partial charge is 0.457 e. The first kappa shape index (κ1) is 46.6. The zero-order valence-electron chi connectivity index (χ0n) is 41.0. The van der Waals surface area contributed by atoms with Crippen LogP contribution in [-0.2, 0) is 14.3 Å². The minimum atomic E-state index is -0.688. The van der Waals surface area contributed by atoms with E-state index in [9.17, 15) is 24.0 Å². The Morgan fingerprint density at radius 2 is 1.43 bits per heavy atom. The molecule has 3 aromatic carbocycles. The number of hydrogen-bond acceptors (Lipinski definition) is 11. The van der Waals surface area contributed by atoms with Crippen LogP contribution < -0.4 is 26.0 Å². The van der Waals surface area contributed by atoms with Gasteiger partial charge in [0.2, 0.25) is 11.8 Å². The number of carbonyl (C=O) groups is 5. The van der Waals surface area contributed by atoms with Crippen LogP contribution in [0, 0.1) is 17.8 Å². The first-order chi connectivity index (χ1) is 35.1. The maximum Gasteiger partial charge on any atom is 0.319 e. The number of nitrogens with two attached hydrogens (primary N) is 1. The molecule has 9 heterocycles. The lowest BCUT2D eigenvalue weighted by Crippen LogP contribution is -2.56. The van der Waals surface area contributed by atoms with Crippen LogP contribution in [0.4, 0.5) is 16.3 Å². The lowest BCUT2D eigenvalue weighted by Gasteiger charge is -2.44. The number of nitrogens with one attached hydrogen (secondary N) is 2.